The molecule has 0 aromatic carbocycles. The summed E-state index contributed by atoms with van der Waals surface area (Å²) < 4.78 is 29.0. The lowest BCUT2D eigenvalue weighted by Crippen LogP contribution is -2.29. The average Bonchev–Trinajstić information content (AvgIpc) is 2.78. The van der Waals surface area contributed by atoms with Gasteiger partial charge in [-0.3, -0.25) is 4.68 Å². The third-order valence-electron chi connectivity index (χ3n) is 4.76. The number of aryl methyl sites for hydroxylation is 1. The van der Waals surface area contributed by atoms with E-state index >= 15 is 0 Å². The van der Waals surface area contributed by atoms with Gasteiger partial charge in [-0.25, -0.2) is 13.1 Å². The lowest BCUT2D eigenvalue weighted by molar-refractivity contribution is 0.277. The zero-order valence-corrected chi connectivity index (χ0v) is 13.2. The van der Waals surface area contributed by atoms with Gasteiger partial charge in [0.2, 0.25) is 10.0 Å². The summed E-state index contributed by atoms with van der Waals surface area (Å²) in [5, 5.41) is 12.8. The van der Waals surface area contributed by atoms with Crippen LogP contribution in [0.5, 0.6) is 0 Å². The molecule has 0 spiro atoms. The number of aliphatic hydroxyl groups is 1. The summed E-state index contributed by atoms with van der Waals surface area (Å²) in [6, 6.07) is -0.0687. The summed E-state index contributed by atoms with van der Waals surface area (Å²) in [6.07, 6.45) is 3.40. The molecule has 1 aliphatic carbocycles. The summed E-state index contributed by atoms with van der Waals surface area (Å²) in [5.41, 5.74) is -0.0973. The van der Waals surface area contributed by atoms with Crippen LogP contribution in [0.4, 0.5) is 0 Å². The number of hydrogen-bond acceptors (Lipinski definition) is 4. The van der Waals surface area contributed by atoms with Crippen molar-refractivity contribution in [3.05, 3.63) is 12.4 Å². The van der Waals surface area contributed by atoms with E-state index in [4.69, 9.17) is 5.11 Å². The van der Waals surface area contributed by atoms with Gasteiger partial charge in [0.05, 0.1) is 6.20 Å². The minimum absolute atomic E-state index is 0.0487. The van der Waals surface area contributed by atoms with Crippen LogP contribution in [0.1, 0.15) is 34.1 Å². The van der Waals surface area contributed by atoms with Crippen LogP contribution in [0.15, 0.2) is 17.3 Å². The van der Waals surface area contributed by atoms with Crippen LogP contribution < -0.4 is 4.72 Å². The number of rotatable bonds is 6. The first kappa shape index (κ1) is 15.5. The van der Waals surface area contributed by atoms with Gasteiger partial charge < -0.3 is 5.11 Å². The summed E-state index contributed by atoms with van der Waals surface area (Å²) in [5.74, 6) is 0. The molecule has 1 aromatic heterocycles. The third-order valence-corrected chi connectivity index (χ3v) is 6.14. The molecule has 1 saturated carbocycles. The molecule has 1 aliphatic rings. The topological polar surface area (TPSA) is 84.2 Å². The van der Waals surface area contributed by atoms with Crippen LogP contribution in [-0.2, 0) is 16.6 Å². The first-order valence-electron chi connectivity index (χ1n) is 6.78. The van der Waals surface area contributed by atoms with Crippen molar-refractivity contribution in [2.75, 3.05) is 6.61 Å². The van der Waals surface area contributed by atoms with Crippen LogP contribution in [0.25, 0.3) is 0 Å². The monoisotopic (exact) mass is 301 g/mol. The van der Waals surface area contributed by atoms with Gasteiger partial charge in [0, 0.05) is 25.4 Å². The molecule has 0 unspecified atom stereocenters. The van der Waals surface area contributed by atoms with Crippen LogP contribution in [0.2, 0.25) is 0 Å². The Labute approximate surface area is 120 Å². The molecule has 1 heterocycles. The molecule has 0 atom stereocenters. The minimum Gasteiger partial charge on any atom is -0.396 e. The van der Waals surface area contributed by atoms with E-state index in [2.05, 4.69) is 37.5 Å². The second-order valence-corrected chi connectivity index (χ2v) is 8.23. The largest absolute Gasteiger partial charge is 0.396 e. The van der Waals surface area contributed by atoms with Gasteiger partial charge in [-0.05, 0) is 17.3 Å². The Hall–Kier alpha value is -0.920. The molecular formula is C13H23N3O3S. The van der Waals surface area contributed by atoms with Crippen molar-refractivity contribution in [2.24, 2.45) is 10.8 Å². The third kappa shape index (κ3) is 2.49. The van der Waals surface area contributed by atoms with Crippen LogP contribution in [0.3, 0.4) is 0 Å². The Morgan fingerprint density at radius 1 is 1.35 bits per heavy atom. The summed E-state index contributed by atoms with van der Waals surface area (Å²) in [7, 11) is -3.54. The van der Waals surface area contributed by atoms with Gasteiger partial charge in [-0.15, -0.1) is 0 Å². The number of aromatic nitrogens is 2. The average molecular weight is 301 g/mol. The molecule has 1 fully saturated rings. The maximum Gasteiger partial charge on any atom is 0.243 e. The van der Waals surface area contributed by atoms with Gasteiger partial charge >= 0.3 is 0 Å². The predicted octanol–water partition coefficient (Wildman–Crippen LogP) is 0.978. The van der Waals surface area contributed by atoms with Gasteiger partial charge in [-0.1, -0.05) is 27.7 Å². The fraction of sp³-hybridized carbons (Fsp3) is 0.769. The highest BCUT2D eigenvalue weighted by atomic mass is 32.2. The maximum absolute atomic E-state index is 12.3. The highest BCUT2D eigenvalue weighted by molar-refractivity contribution is 7.89. The number of nitrogens with zero attached hydrogens (tertiary/aromatic N) is 2. The lowest BCUT2D eigenvalue weighted by Gasteiger charge is -2.06. The van der Waals surface area contributed by atoms with Gasteiger partial charge in [0.15, 0.2) is 0 Å². The molecule has 7 heteroatoms. The molecule has 114 valence electrons. The van der Waals surface area contributed by atoms with E-state index in [1.165, 1.54) is 17.1 Å². The Kier molecular flexibility index (Phi) is 3.73. The van der Waals surface area contributed by atoms with Crippen molar-refractivity contribution in [1.82, 2.24) is 14.5 Å². The highest BCUT2D eigenvalue weighted by Crippen LogP contribution is 2.62. The van der Waals surface area contributed by atoms with Gasteiger partial charge in [0.1, 0.15) is 4.90 Å². The smallest absolute Gasteiger partial charge is 0.243 e. The highest BCUT2D eigenvalue weighted by Gasteiger charge is 2.66. The molecular weight excluding hydrogens is 278 g/mol. The summed E-state index contributed by atoms with van der Waals surface area (Å²) >= 11 is 0. The number of sulfonamides is 1. The van der Waals surface area contributed by atoms with Crippen LogP contribution in [0, 0.1) is 10.8 Å². The van der Waals surface area contributed by atoms with E-state index in [-0.39, 0.29) is 28.4 Å². The summed E-state index contributed by atoms with van der Waals surface area (Å²) in [6.45, 7) is 8.81. The number of aliphatic hydroxyl groups excluding tert-OH is 1. The first-order valence-corrected chi connectivity index (χ1v) is 8.27. The molecule has 0 radical (unpaired) electrons. The second kappa shape index (κ2) is 4.82. The zero-order valence-electron chi connectivity index (χ0n) is 12.4. The Morgan fingerprint density at radius 3 is 2.45 bits per heavy atom. The zero-order chi connectivity index (χ0) is 15.2. The molecule has 2 rings (SSSR count). The van der Waals surface area contributed by atoms with Crippen molar-refractivity contribution < 1.29 is 13.5 Å². The van der Waals surface area contributed by atoms with E-state index in [9.17, 15) is 8.42 Å². The minimum atomic E-state index is -3.54. The van der Waals surface area contributed by atoms with E-state index < -0.39 is 10.0 Å². The van der Waals surface area contributed by atoms with E-state index in [0.29, 0.717) is 13.0 Å². The Morgan fingerprint density at radius 2 is 1.95 bits per heavy atom. The van der Waals surface area contributed by atoms with Crippen molar-refractivity contribution in [1.29, 1.82) is 0 Å². The molecule has 0 saturated heterocycles. The SMILES string of the molecule is CC1(C)C(NS(=O)(=O)c2cnn(CCCO)c2)C1(C)C. The fourth-order valence-corrected chi connectivity index (χ4v) is 4.03. The Bertz CT molecular complexity index is 576. The van der Waals surface area contributed by atoms with Crippen molar-refractivity contribution in [2.45, 2.75) is 51.6 Å². The normalized spacial score (nSPS) is 21.1. The van der Waals surface area contributed by atoms with Crippen LogP contribution in [-0.4, -0.2) is 36.0 Å². The van der Waals surface area contributed by atoms with E-state index in [1.807, 2.05) is 0 Å². The van der Waals surface area contributed by atoms with Crippen molar-refractivity contribution in [3.63, 3.8) is 0 Å². The number of nitrogens with one attached hydrogen (secondary N) is 1. The quantitative estimate of drug-likeness (QED) is 0.820. The lowest BCUT2D eigenvalue weighted by atomic mass is 10.0. The van der Waals surface area contributed by atoms with Gasteiger partial charge in [-0.2, -0.15) is 5.10 Å². The molecule has 6 nitrogen and oxygen atoms in total. The van der Waals surface area contributed by atoms with E-state index in [1.54, 1.807) is 0 Å². The molecule has 2 N–H and O–H groups in total. The molecule has 0 aliphatic heterocycles. The van der Waals surface area contributed by atoms with E-state index in [0.717, 1.165) is 0 Å². The van der Waals surface area contributed by atoms with Crippen molar-refractivity contribution >= 4 is 10.0 Å². The van der Waals surface area contributed by atoms with Crippen LogP contribution >= 0.6 is 0 Å². The fourth-order valence-electron chi connectivity index (χ4n) is 2.55. The predicted molar refractivity (Wildman–Crippen MR) is 75.6 cm³/mol. The summed E-state index contributed by atoms with van der Waals surface area (Å²) in [4.78, 5) is 0.175. The second-order valence-electron chi connectivity index (χ2n) is 6.51. The molecule has 0 bridgehead atoms. The Balaban J connectivity index is 2.10. The molecule has 1 aromatic rings. The standard InChI is InChI=1S/C13H23N3O3S/c1-12(2)11(13(12,3)4)15-20(18,19)10-8-14-16(9-10)6-5-7-17/h8-9,11,15,17H,5-7H2,1-4H3. The van der Waals surface area contributed by atoms with Gasteiger partial charge in [0.25, 0.3) is 0 Å². The van der Waals surface area contributed by atoms with Crippen molar-refractivity contribution in [3.8, 4) is 0 Å². The maximum atomic E-state index is 12.3. The number of hydrogen-bond donors (Lipinski definition) is 2. The molecule has 20 heavy (non-hydrogen) atoms. The molecule has 0 amide bonds. The first-order chi connectivity index (χ1) is 9.13.